The van der Waals surface area contributed by atoms with Crippen molar-refractivity contribution < 1.29 is 22.8 Å². The molecule has 31 heavy (non-hydrogen) atoms. The molecule has 0 aliphatic carbocycles. The number of benzene rings is 2. The number of sulfonamides is 1. The van der Waals surface area contributed by atoms with Crippen molar-refractivity contribution in [3.8, 4) is 0 Å². The number of ether oxygens (including phenoxy) is 1. The first-order valence-corrected chi connectivity index (χ1v) is 11.7. The topological polar surface area (TPSA) is 97.3 Å². The maximum atomic E-state index is 12.9. The number of hydrogen-bond donors (Lipinski definition) is 1. The fourth-order valence-corrected chi connectivity index (χ4v) is 5.38. The smallest absolute Gasteiger partial charge is 0.392 e. The molecular weight excluding hydrogens is 442 g/mol. The van der Waals surface area contributed by atoms with Crippen LogP contribution in [0.3, 0.4) is 0 Å². The molecular formula is C21H22ClN3O5S. The molecule has 4 rings (SSSR count). The number of halogens is 1. The van der Waals surface area contributed by atoms with Gasteiger partial charge in [0, 0.05) is 37.5 Å². The minimum atomic E-state index is -3.64. The largest absolute Gasteiger partial charge is 0.414 e. The van der Waals surface area contributed by atoms with E-state index in [4.69, 9.17) is 21.2 Å². The first-order valence-electron chi connectivity index (χ1n) is 9.87. The van der Waals surface area contributed by atoms with Gasteiger partial charge in [0.05, 0.1) is 11.3 Å². The van der Waals surface area contributed by atoms with Gasteiger partial charge in [0.15, 0.2) is 0 Å². The minimum Gasteiger partial charge on any atom is -0.392 e. The predicted molar refractivity (Wildman–Crippen MR) is 115 cm³/mol. The van der Waals surface area contributed by atoms with Crippen molar-refractivity contribution in [1.29, 1.82) is 0 Å². The molecule has 10 heteroatoms. The van der Waals surface area contributed by atoms with Gasteiger partial charge in [-0.15, -0.1) is 0 Å². The van der Waals surface area contributed by atoms with Gasteiger partial charge >= 0.3 is 6.09 Å². The van der Waals surface area contributed by atoms with E-state index >= 15 is 0 Å². The molecule has 2 aliphatic rings. The summed E-state index contributed by atoms with van der Waals surface area (Å²) >= 11 is 5.94. The van der Waals surface area contributed by atoms with Gasteiger partial charge in [0.2, 0.25) is 15.9 Å². The lowest BCUT2D eigenvalue weighted by atomic mass is 9.89. The number of piperidine rings is 1. The van der Waals surface area contributed by atoms with Crippen LogP contribution >= 0.6 is 11.6 Å². The van der Waals surface area contributed by atoms with Crippen molar-refractivity contribution in [3.05, 3.63) is 65.2 Å². The third kappa shape index (κ3) is 5.00. The maximum absolute atomic E-state index is 12.9. The van der Waals surface area contributed by atoms with Gasteiger partial charge in [-0.2, -0.15) is 4.31 Å². The van der Waals surface area contributed by atoms with E-state index in [1.54, 1.807) is 12.1 Å². The molecule has 0 unspecified atom stereocenters. The summed E-state index contributed by atoms with van der Waals surface area (Å²) < 4.78 is 32.4. The van der Waals surface area contributed by atoms with Gasteiger partial charge in [-0.1, -0.05) is 53.2 Å². The molecule has 1 saturated heterocycles. The van der Waals surface area contributed by atoms with Crippen molar-refractivity contribution in [1.82, 2.24) is 9.62 Å². The van der Waals surface area contributed by atoms with Crippen LogP contribution in [-0.2, 0) is 26.1 Å². The summed E-state index contributed by atoms with van der Waals surface area (Å²) in [6.07, 6.45) is 0.588. The fraction of sp³-hybridized carbons (Fsp3) is 0.333. The van der Waals surface area contributed by atoms with E-state index in [0.29, 0.717) is 30.8 Å². The van der Waals surface area contributed by atoms with Crippen LogP contribution in [0.5, 0.6) is 0 Å². The number of hydrogen-bond acceptors (Lipinski definition) is 6. The van der Waals surface area contributed by atoms with Gasteiger partial charge in [-0.05, 0) is 23.8 Å². The second-order valence-corrected chi connectivity index (χ2v) is 9.90. The van der Waals surface area contributed by atoms with Crippen LogP contribution < -0.4 is 5.32 Å². The number of rotatable bonds is 4. The highest BCUT2D eigenvalue weighted by atomic mass is 35.5. The van der Waals surface area contributed by atoms with Crippen molar-refractivity contribution in [2.75, 3.05) is 13.1 Å². The van der Waals surface area contributed by atoms with Crippen LogP contribution in [0.2, 0.25) is 5.02 Å². The number of nitrogens with one attached hydrogen (secondary N) is 1. The van der Waals surface area contributed by atoms with Crippen LogP contribution in [0.4, 0.5) is 4.79 Å². The zero-order valence-corrected chi connectivity index (χ0v) is 18.2. The Labute approximate surface area is 185 Å². The first kappa shape index (κ1) is 21.6. The van der Waals surface area contributed by atoms with Crippen molar-refractivity contribution in [2.45, 2.75) is 36.3 Å². The predicted octanol–water partition coefficient (Wildman–Crippen LogP) is 3.52. The lowest BCUT2D eigenvalue weighted by Gasteiger charge is -2.36. The highest BCUT2D eigenvalue weighted by molar-refractivity contribution is 7.89. The molecule has 8 nitrogen and oxygen atoms in total. The van der Waals surface area contributed by atoms with E-state index in [0.717, 1.165) is 5.56 Å². The zero-order chi connectivity index (χ0) is 21.9. The number of alkyl carbamates (subject to hydrolysis) is 1. The minimum absolute atomic E-state index is 0.165. The monoisotopic (exact) mass is 463 g/mol. The van der Waals surface area contributed by atoms with E-state index in [9.17, 15) is 13.2 Å². The molecule has 1 fully saturated rings. The van der Waals surface area contributed by atoms with E-state index in [2.05, 4.69) is 10.5 Å². The molecule has 1 N–H and O–H groups in total. The lowest BCUT2D eigenvalue weighted by molar-refractivity contribution is -0.0506. The molecule has 2 aliphatic heterocycles. The van der Waals surface area contributed by atoms with Crippen LogP contribution in [0.15, 0.2) is 64.6 Å². The zero-order valence-electron chi connectivity index (χ0n) is 16.7. The van der Waals surface area contributed by atoms with E-state index in [1.807, 2.05) is 30.3 Å². The summed E-state index contributed by atoms with van der Waals surface area (Å²) in [6.45, 7) is 0.894. The van der Waals surface area contributed by atoms with Gasteiger partial charge in [0.25, 0.3) is 0 Å². The normalized spacial score (nSPS) is 18.3. The average molecular weight is 464 g/mol. The first-order chi connectivity index (χ1) is 14.9. The Morgan fingerprint density at radius 3 is 2.61 bits per heavy atom. The standard InChI is InChI=1S/C21H22ClN3O5S/c22-17-7-4-8-18(13-17)31(27,28)25-11-9-21(10-12-25)14-19(24-30-21)29-20(26)23-15-16-5-2-1-3-6-16/h1-8,13H,9-12,14-15H2,(H,23,26). The molecule has 0 aromatic heterocycles. The Bertz CT molecular complexity index is 1080. The molecule has 0 bridgehead atoms. The third-order valence-corrected chi connectivity index (χ3v) is 7.50. The number of amides is 1. The lowest BCUT2D eigenvalue weighted by Crippen LogP contribution is -2.46. The molecule has 1 spiro atoms. The van der Waals surface area contributed by atoms with Gasteiger partial charge < -0.3 is 14.9 Å². The quantitative estimate of drug-likeness (QED) is 0.748. The van der Waals surface area contributed by atoms with Gasteiger partial charge in [-0.25, -0.2) is 13.2 Å². The second kappa shape index (κ2) is 8.86. The highest BCUT2D eigenvalue weighted by Gasteiger charge is 2.45. The van der Waals surface area contributed by atoms with E-state index in [-0.39, 0.29) is 23.9 Å². The number of oxime groups is 1. The molecule has 0 radical (unpaired) electrons. The summed E-state index contributed by atoms with van der Waals surface area (Å²) in [7, 11) is -3.64. The second-order valence-electron chi connectivity index (χ2n) is 7.53. The number of carbonyl (C=O) groups is 1. The van der Waals surface area contributed by atoms with E-state index < -0.39 is 21.7 Å². The SMILES string of the molecule is O=C(NCc1ccccc1)OC1=NOC2(CCN(S(=O)(=O)c3cccc(Cl)c3)CC2)C1. The maximum Gasteiger partial charge on any atom is 0.414 e. The van der Waals surface area contributed by atoms with Crippen molar-refractivity contribution in [2.24, 2.45) is 5.16 Å². The van der Waals surface area contributed by atoms with Crippen molar-refractivity contribution >= 4 is 33.6 Å². The Kier molecular flexibility index (Phi) is 6.17. The molecule has 2 aromatic rings. The summed E-state index contributed by atoms with van der Waals surface area (Å²) in [5.41, 5.74) is 0.295. The summed E-state index contributed by atoms with van der Waals surface area (Å²) in [5, 5.41) is 6.95. The van der Waals surface area contributed by atoms with Crippen LogP contribution in [0, 0.1) is 0 Å². The molecule has 1 amide bonds. The van der Waals surface area contributed by atoms with Crippen LogP contribution in [0.1, 0.15) is 24.8 Å². The van der Waals surface area contributed by atoms with Crippen molar-refractivity contribution in [3.63, 3.8) is 0 Å². The molecule has 2 aromatic carbocycles. The number of nitrogens with zero attached hydrogens (tertiary/aromatic N) is 2. The van der Waals surface area contributed by atoms with Gasteiger partial charge in [0.1, 0.15) is 5.60 Å². The summed E-state index contributed by atoms with van der Waals surface area (Å²) in [5.74, 6) is 0.191. The average Bonchev–Trinajstić information content (AvgIpc) is 3.15. The van der Waals surface area contributed by atoms with Gasteiger partial charge in [-0.3, -0.25) is 0 Å². The summed E-state index contributed by atoms with van der Waals surface area (Å²) in [4.78, 5) is 17.8. The Morgan fingerprint density at radius 1 is 1.16 bits per heavy atom. The van der Waals surface area contributed by atoms with Crippen LogP contribution in [0.25, 0.3) is 0 Å². The Balaban J connectivity index is 1.29. The summed E-state index contributed by atoms with van der Waals surface area (Å²) in [6, 6.07) is 15.7. The third-order valence-electron chi connectivity index (χ3n) is 5.37. The highest BCUT2D eigenvalue weighted by Crippen LogP contribution is 2.36. The molecule has 2 heterocycles. The molecule has 164 valence electrons. The Hall–Kier alpha value is -2.62. The van der Waals surface area contributed by atoms with E-state index in [1.165, 1.54) is 16.4 Å². The molecule has 0 saturated carbocycles. The molecule has 0 atom stereocenters. The Morgan fingerprint density at radius 2 is 1.90 bits per heavy atom. The number of carbonyl (C=O) groups excluding carboxylic acids is 1. The fourth-order valence-electron chi connectivity index (χ4n) is 3.63. The van der Waals surface area contributed by atoms with Crippen LogP contribution in [-0.4, -0.2) is 43.4 Å².